The first kappa shape index (κ1) is 26.4. The van der Waals surface area contributed by atoms with Crippen molar-refractivity contribution in [1.29, 1.82) is 0 Å². The zero-order valence-electron chi connectivity index (χ0n) is 22.2. The van der Waals surface area contributed by atoms with Crippen LogP contribution in [-0.4, -0.2) is 79.2 Å². The number of nitrogens with zero attached hydrogens (tertiary/aromatic N) is 1. The first-order valence-corrected chi connectivity index (χ1v) is 11.8. The lowest BCUT2D eigenvalue weighted by Gasteiger charge is -2.36. The number of esters is 2. The minimum absolute atomic E-state index is 0.413. The number of ether oxygens (including phenoxy) is 7. The minimum Gasteiger partial charge on any atom is -0.493 e. The number of benzene rings is 2. The molecule has 0 unspecified atom stereocenters. The summed E-state index contributed by atoms with van der Waals surface area (Å²) in [5.74, 6) is 0.136. The van der Waals surface area contributed by atoms with Gasteiger partial charge < -0.3 is 33.2 Å². The Labute approximate surface area is 216 Å². The van der Waals surface area contributed by atoms with Gasteiger partial charge in [0, 0.05) is 12.5 Å². The first-order chi connectivity index (χ1) is 17.9. The molecule has 0 N–H and O–H groups in total. The molecule has 0 spiro atoms. The Hall–Kier alpha value is -3.66. The Morgan fingerprint density at radius 1 is 0.730 bits per heavy atom. The lowest BCUT2D eigenvalue weighted by Crippen LogP contribution is -2.43. The molecular weight excluding hydrogens is 482 g/mol. The molecule has 2 aromatic carbocycles. The van der Waals surface area contributed by atoms with E-state index in [0.717, 1.165) is 11.1 Å². The van der Waals surface area contributed by atoms with E-state index in [2.05, 4.69) is 0 Å². The van der Waals surface area contributed by atoms with Crippen LogP contribution in [0.15, 0.2) is 24.3 Å². The van der Waals surface area contributed by atoms with Crippen molar-refractivity contribution in [3.8, 4) is 28.7 Å². The van der Waals surface area contributed by atoms with Crippen LogP contribution in [0.1, 0.15) is 28.7 Å². The van der Waals surface area contributed by atoms with Crippen molar-refractivity contribution < 1.29 is 42.7 Å². The van der Waals surface area contributed by atoms with Crippen molar-refractivity contribution in [2.75, 3.05) is 56.3 Å². The van der Waals surface area contributed by atoms with Gasteiger partial charge in [-0.05, 0) is 47.4 Å². The van der Waals surface area contributed by atoms with E-state index < -0.39 is 35.9 Å². The lowest BCUT2D eigenvalue weighted by atomic mass is 9.78. The molecule has 4 rings (SSSR count). The van der Waals surface area contributed by atoms with Gasteiger partial charge in [0.2, 0.25) is 5.75 Å². The normalized spacial score (nSPS) is 22.4. The third-order valence-electron chi connectivity index (χ3n) is 7.37. The van der Waals surface area contributed by atoms with Gasteiger partial charge in [-0.3, -0.25) is 14.5 Å². The molecule has 0 aromatic heterocycles. The van der Waals surface area contributed by atoms with E-state index in [4.69, 9.17) is 33.2 Å². The first-order valence-electron chi connectivity index (χ1n) is 11.8. The number of carbonyl (C=O) groups excluding carboxylic acids is 2. The highest BCUT2D eigenvalue weighted by Gasteiger charge is 2.58. The predicted molar refractivity (Wildman–Crippen MR) is 133 cm³/mol. The van der Waals surface area contributed by atoms with E-state index in [0.29, 0.717) is 47.3 Å². The molecule has 10 heteroatoms. The summed E-state index contributed by atoms with van der Waals surface area (Å²) in [7, 11) is 10.4. The molecule has 2 aromatic rings. The van der Waals surface area contributed by atoms with Crippen LogP contribution in [0.3, 0.4) is 0 Å². The van der Waals surface area contributed by atoms with Gasteiger partial charge >= 0.3 is 11.9 Å². The molecule has 4 atom stereocenters. The molecule has 2 aliphatic rings. The molecule has 2 aliphatic heterocycles. The molecule has 0 radical (unpaired) electrons. The van der Waals surface area contributed by atoms with Crippen molar-refractivity contribution in [1.82, 2.24) is 4.90 Å². The van der Waals surface area contributed by atoms with Crippen LogP contribution in [0.25, 0.3) is 0 Å². The molecule has 37 heavy (non-hydrogen) atoms. The van der Waals surface area contributed by atoms with Gasteiger partial charge in [0.25, 0.3) is 0 Å². The van der Waals surface area contributed by atoms with Crippen LogP contribution in [0.2, 0.25) is 0 Å². The smallest absolute Gasteiger partial charge is 0.323 e. The fourth-order valence-electron chi connectivity index (χ4n) is 5.80. The van der Waals surface area contributed by atoms with Gasteiger partial charge in [-0.15, -0.1) is 0 Å². The third kappa shape index (κ3) is 4.29. The minimum atomic E-state index is -0.761. The number of fused-ring (bicyclic) bond motifs is 3. The SMILES string of the molecule is COC(=O)[C@@H]1[C@@H](c2cc(OC)c(OC)c(OC)c2)[C@@H](C(=O)OC)N2CCc3cc(OC)c(OC)cc3[C@H]12. The van der Waals surface area contributed by atoms with Gasteiger partial charge in [-0.25, -0.2) is 0 Å². The highest BCUT2D eigenvalue weighted by molar-refractivity contribution is 5.84. The average Bonchev–Trinajstić information content (AvgIpc) is 3.30. The van der Waals surface area contributed by atoms with Crippen molar-refractivity contribution in [2.45, 2.75) is 24.4 Å². The van der Waals surface area contributed by atoms with Gasteiger partial charge in [0.15, 0.2) is 23.0 Å². The zero-order valence-corrected chi connectivity index (χ0v) is 22.2. The lowest BCUT2D eigenvalue weighted by molar-refractivity contribution is -0.147. The van der Waals surface area contributed by atoms with Gasteiger partial charge in [-0.2, -0.15) is 0 Å². The van der Waals surface area contributed by atoms with Crippen LogP contribution in [0.5, 0.6) is 28.7 Å². The Morgan fingerprint density at radius 2 is 1.30 bits per heavy atom. The molecule has 0 amide bonds. The summed E-state index contributed by atoms with van der Waals surface area (Å²) >= 11 is 0. The van der Waals surface area contributed by atoms with Crippen molar-refractivity contribution >= 4 is 11.9 Å². The number of hydrogen-bond acceptors (Lipinski definition) is 10. The summed E-state index contributed by atoms with van der Waals surface area (Å²) in [6.45, 7) is 0.529. The highest BCUT2D eigenvalue weighted by atomic mass is 16.5. The van der Waals surface area contributed by atoms with Gasteiger partial charge in [-0.1, -0.05) is 0 Å². The van der Waals surface area contributed by atoms with Crippen LogP contribution < -0.4 is 23.7 Å². The molecule has 1 fully saturated rings. The third-order valence-corrected chi connectivity index (χ3v) is 7.37. The van der Waals surface area contributed by atoms with Gasteiger partial charge in [0.1, 0.15) is 6.04 Å². The van der Waals surface area contributed by atoms with Crippen molar-refractivity contribution in [3.05, 3.63) is 41.0 Å². The second-order valence-corrected chi connectivity index (χ2v) is 8.84. The number of carbonyl (C=O) groups is 2. The summed E-state index contributed by atoms with van der Waals surface area (Å²) in [5, 5.41) is 0. The Balaban J connectivity index is 1.97. The largest absolute Gasteiger partial charge is 0.493 e. The molecule has 10 nitrogen and oxygen atoms in total. The van der Waals surface area contributed by atoms with E-state index >= 15 is 0 Å². The van der Waals surface area contributed by atoms with Gasteiger partial charge in [0.05, 0.1) is 61.7 Å². The molecule has 0 bridgehead atoms. The molecule has 0 aliphatic carbocycles. The van der Waals surface area contributed by atoms with E-state index in [1.807, 2.05) is 17.0 Å². The van der Waals surface area contributed by atoms with E-state index in [1.54, 1.807) is 26.4 Å². The van der Waals surface area contributed by atoms with Crippen LogP contribution >= 0.6 is 0 Å². The maximum atomic E-state index is 13.5. The monoisotopic (exact) mass is 515 g/mol. The van der Waals surface area contributed by atoms with Crippen LogP contribution in [-0.2, 0) is 25.5 Å². The Bertz CT molecular complexity index is 1160. The Morgan fingerprint density at radius 3 is 1.81 bits per heavy atom. The van der Waals surface area contributed by atoms with E-state index in [9.17, 15) is 9.59 Å². The number of methoxy groups -OCH3 is 7. The quantitative estimate of drug-likeness (QED) is 0.488. The standard InChI is InChI=1S/C27H33NO9/c1-31-17-10-14-8-9-28-23(16(14)13-18(17)32-2)22(26(29)36-6)21(24(28)27(30)37-7)15-11-19(33-3)25(35-5)20(12-15)34-4/h10-13,21-24H,8-9H2,1-7H3/t21-,22-,23-,24+/m1/s1. The van der Waals surface area contributed by atoms with Crippen LogP contribution in [0, 0.1) is 5.92 Å². The Kier molecular flexibility index (Phi) is 7.68. The molecular formula is C27H33NO9. The second-order valence-electron chi connectivity index (χ2n) is 8.84. The number of rotatable bonds is 8. The van der Waals surface area contributed by atoms with Crippen molar-refractivity contribution in [3.63, 3.8) is 0 Å². The summed E-state index contributed by atoms with van der Waals surface area (Å²) < 4.78 is 38.3. The van der Waals surface area contributed by atoms with E-state index in [1.165, 1.54) is 35.5 Å². The fourth-order valence-corrected chi connectivity index (χ4v) is 5.80. The molecule has 200 valence electrons. The topological polar surface area (TPSA) is 102 Å². The molecule has 0 saturated carbocycles. The van der Waals surface area contributed by atoms with Crippen molar-refractivity contribution in [2.24, 2.45) is 5.92 Å². The second kappa shape index (κ2) is 10.8. The summed E-state index contributed by atoms with van der Waals surface area (Å²) in [4.78, 5) is 28.8. The number of hydrogen-bond donors (Lipinski definition) is 0. The fraction of sp³-hybridized carbons (Fsp3) is 0.481. The summed E-state index contributed by atoms with van der Waals surface area (Å²) in [6, 6.07) is 6.12. The molecule has 1 saturated heterocycles. The van der Waals surface area contributed by atoms with E-state index in [-0.39, 0.29) is 0 Å². The maximum absolute atomic E-state index is 13.5. The summed E-state index contributed by atoms with van der Waals surface area (Å²) in [6.07, 6.45) is 0.648. The maximum Gasteiger partial charge on any atom is 0.323 e. The summed E-state index contributed by atoms with van der Waals surface area (Å²) in [5.41, 5.74) is 2.56. The van der Waals surface area contributed by atoms with Crippen LogP contribution in [0.4, 0.5) is 0 Å². The highest BCUT2D eigenvalue weighted by Crippen LogP contribution is 2.55. The zero-order chi connectivity index (χ0) is 26.9. The molecule has 2 heterocycles. The predicted octanol–water partition coefficient (Wildman–Crippen LogP) is 2.76. The average molecular weight is 516 g/mol.